The number of carbonyl (C=O) groups is 1. The number of ketones is 1. The Morgan fingerprint density at radius 3 is 2.41 bits per heavy atom. The van der Waals surface area contributed by atoms with Gasteiger partial charge in [-0.2, -0.15) is 0 Å². The van der Waals surface area contributed by atoms with Gasteiger partial charge in [0.05, 0.1) is 34.5 Å². The van der Waals surface area contributed by atoms with Crippen molar-refractivity contribution in [3.05, 3.63) is 112 Å². The number of para-hydroxylation sites is 3. The van der Waals surface area contributed by atoms with Gasteiger partial charge >= 0.3 is 0 Å². The zero-order valence-corrected chi connectivity index (χ0v) is 20.8. The summed E-state index contributed by atoms with van der Waals surface area (Å²) >= 11 is 0. The molecule has 2 unspecified atom stereocenters. The second-order valence-electron chi connectivity index (χ2n) is 9.92. The van der Waals surface area contributed by atoms with Gasteiger partial charge in [-0.1, -0.05) is 36.4 Å². The van der Waals surface area contributed by atoms with Gasteiger partial charge in [-0.15, -0.1) is 0 Å². The van der Waals surface area contributed by atoms with Crippen molar-refractivity contribution in [3.8, 4) is 5.75 Å². The van der Waals surface area contributed by atoms with E-state index in [9.17, 15) is 9.59 Å². The van der Waals surface area contributed by atoms with E-state index in [1.807, 2.05) is 74.5 Å². The Kier molecular flexibility index (Phi) is 5.80. The Labute approximate surface area is 215 Å². The molecule has 186 valence electrons. The van der Waals surface area contributed by atoms with Crippen molar-refractivity contribution in [2.24, 2.45) is 0 Å². The molecule has 6 heteroatoms. The minimum absolute atomic E-state index is 0.0131. The highest BCUT2D eigenvalue weighted by molar-refractivity contribution is 6.01. The third-order valence-electron chi connectivity index (χ3n) is 7.05. The molecule has 6 rings (SSSR count). The summed E-state index contributed by atoms with van der Waals surface area (Å²) in [5.74, 6) is 0.847. The minimum Gasteiger partial charge on any atom is -0.491 e. The number of benzene rings is 3. The van der Waals surface area contributed by atoms with Gasteiger partial charge < -0.3 is 19.8 Å². The second-order valence-corrected chi connectivity index (χ2v) is 9.92. The molecule has 1 aliphatic heterocycles. The van der Waals surface area contributed by atoms with Crippen LogP contribution in [-0.2, 0) is 4.79 Å². The molecule has 37 heavy (non-hydrogen) atoms. The average molecular weight is 493 g/mol. The Hall–Kier alpha value is -4.32. The highest BCUT2D eigenvalue weighted by Crippen LogP contribution is 2.44. The lowest BCUT2D eigenvalue weighted by atomic mass is 9.78. The zero-order chi connectivity index (χ0) is 25.5. The molecule has 2 atom stereocenters. The van der Waals surface area contributed by atoms with Crippen molar-refractivity contribution in [2.75, 3.05) is 10.6 Å². The monoisotopic (exact) mass is 492 g/mol. The minimum atomic E-state index is -0.623. The Morgan fingerprint density at radius 1 is 0.892 bits per heavy atom. The Bertz CT molecular complexity index is 1580. The average Bonchev–Trinajstić information content (AvgIpc) is 3.06. The Morgan fingerprint density at radius 2 is 1.62 bits per heavy atom. The number of nitrogens with one attached hydrogen (secondary N) is 2. The summed E-state index contributed by atoms with van der Waals surface area (Å²) in [6.07, 6.45) is 2.60. The smallest absolute Gasteiger partial charge is 0.198 e. The van der Waals surface area contributed by atoms with E-state index in [-0.39, 0.29) is 23.2 Å². The SMILES string of the molecule is CC(C)Oc1ccc(C2CC(=O)C3=C(C2)Nc2ccccc2NC3c2coc3ccccc3c2=O)cc1. The van der Waals surface area contributed by atoms with Crippen molar-refractivity contribution in [3.63, 3.8) is 0 Å². The van der Waals surface area contributed by atoms with E-state index in [4.69, 9.17) is 9.15 Å². The van der Waals surface area contributed by atoms with Crippen LogP contribution in [0.5, 0.6) is 5.75 Å². The van der Waals surface area contributed by atoms with Gasteiger partial charge in [-0.3, -0.25) is 9.59 Å². The molecule has 6 nitrogen and oxygen atoms in total. The molecule has 1 aliphatic carbocycles. The standard InChI is InChI=1S/C31H28N2O4/c1-18(2)37-21-13-11-19(12-14-21)20-15-26-29(27(34)16-20)30(33-25-9-5-4-8-24(25)32-26)23-17-36-28-10-6-3-7-22(28)31(23)35/h3-14,17-18,20,30,32-33H,15-16H2,1-2H3. The van der Waals surface area contributed by atoms with Gasteiger partial charge in [-0.05, 0) is 68.1 Å². The normalized spacial score (nSPS) is 19.1. The maximum Gasteiger partial charge on any atom is 0.198 e. The summed E-state index contributed by atoms with van der Waals surface area (Å²) in [7, 11) is 0. The van der Waals surface area contributed by atoms with Crippen LogP contribution in [0.3, 0.4) is 0 Å². The van der Waals surface area contributed by atoms with Crippen LogP contribution in [0.25, 0.3) is 11.0 Å². The van der Waals surface area contributed by atoms with Crippen LogP contribution < -0.4 is 20.8 Å². The van der Waals surface area contributed by atoms with E-state index in [0.717, 1.165) is 28.4 Å². The first-order valence-electron chi connectivity index (χ1n) is 12.6. The number of anilines is 2. The molecule has 0 bridgehead atoms. The molecule has 0 saturated carbocycles. The fourth-order valence-corrected chi connectivity index (χ4v) is 5.34. The summed E-state index contributed by atoms with van der Waals surface area (Å²) in [6.45, 7) is 4.00. The van der Waals surface area contributed by atoms with Crippen molar-refractivity contribution in [1.82, 2.24) is 0 Å². The van der Waals surface area contributed by atoms with Crippen LogP contribution in [-0.4, -0.2) is 11.9 Å². The number of hydrogen-bond acceptors (Lipinski definition) is 6. The lowest BCUT2D eigenvalue weighted by molar-refractivity contribution is -0.116. The fraction of sp³-hybridized carbons (Fsp3) is 0.226. The number of hydrogen-bond donors (Lipinski definition) is 2. The topological polar surface area (TPSA) is 80.6 Å². The summed E-state index contributed by atoms with van der Waals surface area (Å²) < 4.78 is 11.6. The third kappa shape index (κ3) is 4.29. The molecule has 0 radical (unpaired) electrons. The lowest BCUT2D eigenvalue weighted by Gasteiger charge is -2.29. The second kappa shape index (κ2) is 9.28. The van der Waals surface area contributed by atoms with Crippen LogP contribution in [0, 0.1) is 0 Å². The van der Waals surface area contributed by atoms with E-state index in [0.29, 0.717) is 34.9 Å². The molecule has 3 aromatic carbocycles. The summed E-state index contributed by atoms with van der Waals surface area (Å²) in [5.41, 5.74) is 5.02. The van der Waals surface area contributed by atoms with Crippen molar-refractivity contribution in [1.29, 1.82) is 0 Å². The van der Waals surface area contributed by atoms with Gasteiger partial charge in [0.15, 0.2) is 11.2 Å². The molecular formula is C31H28N2O4. The van der Waals surface area contributed by atoms with E-state index < -0.39 is 6.04 Å². The maximum absolute atomic E-state index is 13.8. The van der Waals surface area contributed by atoms with Crippen LogP contribution in [0.1, 0.15) is 49.8 Å². The zero-order valence-electron chi connectivity index (χ0n) is 20.8. The number of fused-ring (bicyclic) bond motifs is 2. The summed E-state index contributed by atoms with van der Waals surface area (Å²) in [4.78, 5) is 27.4. The summed E-state index contributed by atoms with van der Waals surface area (Å²) in [5, 5.41) is 7.50. The van der Waals surface area contributed by atoms with Crippen LogP contribution in [0.2, 0.25) is 0 Å². The molecule has 0 saturated heterocycles. The van der Waals surface area contributed by atoms with Gasteiger partial charge in [-0.25, -0.2) is 0 Å². The maximum atomic E-state index is 13.8. The van der Waals surface area contributed by atoms with Crippen LogP contribution in [0.4, 0.5) is 11.4 Å². The molecule has 1 aromatic heterocycles. The molecule has 2 N–H and O–H groups in total. The molecule has 4 aromatic rings. The first kappa shape index (κ1) is 23.1. The molecule has 0 fully saturated rings. The molecule has 0 spiro atoms. The first-order valence-corrected chi connectivity index (χ1v) is 12.6. The highest BCUT2D eigenvalue weighted by atomic mass is 16.5. The lowest BCUT2D eigenvalue weighted by Crippen LogP contribution is -2.29. The predicted octanol–water partition coefficient (Wildman–Crippen LogP) is 6.56. The van der Waals surface area contributed by atoms with E-state index in [1.54, 1.807) is 12.1 Å². The largest absolute Gasteiger partial charge is 0.491 e. The molecule has 0 amide bonds. The van der Waals surface area contributed by atoms with Crippen molar-refractivity contribution in [2.45, 2.75) is 44.8 Å². The van der Waals surface area contributed by atoms with Gasteiger partial charge in [0.2, 0.25) is 0 Å². The summed E-state index contributed by atoms with van der Waals surface area (Å²) in [6, 6.07) is 22.4. The third-order valence-corrected chi connectivity index (χ3v) is 7.05. The highest BCUT2D eigenvalue weighted by Gasteiger charge is 2.37. The number of ether oxygens (including phenoxy) is 1. The van der Waals surface area contributed by atoms with E-state index >= 15 is 0 Å². The molecule has 2 heterocycles. The predicted molar refractivity (Wildman–Crippen MR) is 145 cm³/mol. The quantitative estimate of drug-likeness (QED) is 0.336. The number of rotatable bonds is 4. The first-order chi connectivity index (χ1) is 18.0. The van der Waals surface area contributed by atoms with Gasteiger partial charge in [0, 0.05) is 17.7 Å². The molecule has 2 aliphatic rings. The van der Waals surface area contributed by atoms with Crippen LogP contribution in [0.15, 0.2) is 99.5 Å². The van der Waals surface area contributed by atoms with Gasteiger partial charge in [0.1, 0.15) is 17.6 Å². The fourth-order valence-electron chi connectivity index (χ4n) is 5.34. The van der Waals surface area contributed by atoms with E-state index in [1.165, 1.54) is 6.26 Å². The van der Waals surface area contributed by atoms with Crippen molar-refractivity contribution < 1.29 is 13.9 Å². The van der Waals surface area contributed by atoms with Gasteiger partial charge in [0.25, 0.3) is 0 Å². The number of carbonyl (C=O) groups excluding carboxylic acids is 1. The van der Waals surface area contributed by atoms with Crippen molar-refractivity contribution >= 4 is 28.1 Å². The van der Waals surface area contributed by atoms with E-state index in [2.05, 4.69) is 10.6 Å². The Balaban J connectivity index is 1.43. The molecular weight excluding hydrogens is 464 g/mol. The number of Topliss-reactive ketones (excluding diaryl/α,β-unsaturated/α-hetero) is 1. The van der Waals surface area contributed by atoms with Crippen LogP contribution >= 0.6 is 0 Å². The number of allylic oxidation sites excluding steroid dienone is 1.